The second-order valence-corrected chi connectivity index (χ2v) is 8.68. The van der Waals surface area contributed by atoms with Gasteiger partial charge in [0, 0.05) is 17.8 Å². The van der Waals surface area contributed by atoms with Crippen molar-refractivity contribution in [3.63, 3.8) is 0 Å². The summed E-state index contributed by atoms with van der Waals surface area (Å²) in [5, 5.41) is 7.45. The van der Waals surface area contributed by atoms with Crippen molar-refractivity contribution in [3.8, 4) is 0 Å². The summed E-state index contributed by atoms with van der Waals surface area (Å²) in [6, 6.07) is 9.24. The second-order valence-electron chi connectivity index (χ2n) is 8.68. The first-order valence-corrected chi connectivity index (χ1v) is 11.4. The number of aromatic nitrogens is 2. The first-order chi connectivity index (χ1) is 15.4. The minimum atomic E-state index is -1.20. The number of esters is 1. The number of anilines is 1. The molecule has 32 heavy (non-hydrogen) atoms. The van der Waals surface area contributed by atoms with Crippen LogP contribution in [0.2, 0.25) is 0 Å². The maximum absolute atomic E-state index is 13.7. The van der Waals surface area contributed by atoms with Gasteiger partial charge in [-0.05, 0) is 50.8 Å². The van der Waals surface area contributed by atoms with E-state index in [1.807, 2.05) is 24.3 Å². The zero-order chi connectivity index (χ0) is 22.9. The molecule has 2 aromatic rings. The zero-order valence-corrected chi connectivity index (χ0v) is 18.9. The average Bonchev–Trinajstić information content (AvgIpc) is 3.44. The van der Waals surface area contributed by atoms with Crippen LogP contribution in [0.3, 0.4) is 0 Å². The van der Waals surface area contributed by atoms with Gasteiger partial charge < -0.3 is 10.1 Å². The van der Waals surface area contributed by atoms with Gasteiger partial charge >= 0.3 is 5.97 Å². The average molecular weight is 439 g/mol. The standard InChI is InChI=1S/C24H30N4O4/c1-4-16-10-12-18(13-11-16)28-21(29)20-14-19(22(30)32-5-2)26-27(20)15-24(28,3)23(31)25-17-8-6-7-9-17/h10-14,17H,4-9,15H2,1-3H3,(H,25,31). The summed E-state index contributed by atoms with van der Waals surface area (Å²) < 4.78 is 6.51. The van der Waals surface area contributed by atoms with Gasteiger partial charge in [-0.2, -0.15) is 5.10 Å². The van der Waals surface area contributed by atoms with Crippen LogP contribution in [-0.4, -0.2) is 45.8 Å². The van der Waals surface area contributed by atoms with Crippen LogP contribution in [0.1, 0.15) is 73.0 Å². The van der Waals surface area contributed by atoms with Gasteiger partial charge in [0.15, 0.2) is 5.69 Å². The van der Waals surface area contributed by atoms with Crippen LogP contribution >= 0.6 is 0 Å². The highest BCUT2D eigenvalue weighted by Gasteiger charge is 2.49. The minimum Gasteiger partial charge on any atom is -0.461 e. The molecule has 0 radical (unpaired) electrons. The van der Waals surface area contributed by atoms with Crippen LogP contribution in [0, 0.1) is 0 Å². The number of carbonyl (C=O) groups is 3. The molecule has 1 saturated carbocycles. The number of ether oxygens (including phenoxy) is 1. The lowest BCUT2D eigenvalue weighted by molar-refractivity contribution is -0.127. The molecule has 0 saturated heterocycles. The molecule has 1 aliphatic carbocycles. The number of hydrogen-bond acceptors (Lipinski definition) is 5. The van der Waals surface area contributed by atoms with E-state index in [1.165, 1.54) is 10.7 Å². The van der Waals surface area contributed by atoms with Crippen molar-refractivity contribution >= 4 is 23.5 Å². The van der Waals surface area contributed by atoms with E-state index in [9.17, 15) is 14.4 Å². The fourth-order valence-electron chi connectivity index (χ4n) is 4.58. The number of aryl methyl sites for hydroxylation is 1. The molecule has 2 heterocycles. The van der Waals surface area contributed by atoms with Crippen molar-refractivity contribution in [2.45, 2.75) is 71.0 Å². The first kappa shape index (κ1) is 22.0. The Morgan fingerprint density at radius 3 is 2.50 bits per heavy atom. The van der Waals surface area contributed by atoms with E-state index in [-0.39, 0.29) is 42.4 Å². The summed E-state index contributed by atoms with van der Waals surface area (Å²) in [6.45, 7) is 5.90. The lowest BCUT2D eigenvalue weighted by atomic mass is 9.93. The third-order valence-corrected chi connectivity index (χ3v) is 6.42. The SMILES string of the molecule is CCOC(=O)c1cc2n(n1)CC(C)(C(=O)NC1CCCC1)N(c1ccc(CC)cc1)C2=O. The molecule has 1 fully saturated rings. The Balaban J connectivity index is 1.75. The Hall–Kier alpha value is -3.16. The molecule has 1 atom stereocenters. The van der Waals surface area contributed by atoms with Crippen molar-refractivity contribution < 1.29 is 19.1 Å². The van der Waals surface area contributed by atoms with E-state index in [1.54, 1.807) is 18.7 Å². The van der Waals surface area contributed by atoms with Gasteiger partial charge in [-0.3, -0.25) is 19.2 Å². The maximum atomic E-state index is 13.7. The number of carbonyl (C=O) groups excluding carboxylic acids is 3. The largest absolute Gasteiger partial charge is 0.461 e. The topological polar surface area (TPSA) is 93.5 Å². The summed E-state index contributed by atoms with van der Waals surface area (Å²) in [5.74, 6) is -1.16. The van der Waals surface area contributed by atoms with Crippen molar-refractivity contribution in [3.05, 3.63) is 47.3 Å². The highest BCUT2D eigenvalue weighted by molar-refractivity contribution is 6.12. The van der Waals surface area contributed by atoms with Crippen molar-refractivity contribution in [2.24, 2.45) is 0 Å². The fraction of sp³-hybridized carbons (Fsp3) is 0.500. The Morgan fingerprint density at radius 1 is 1.19 bits per heavy atom. The van der Waals surface area contributed by atoms with Crippen LogP contribution < -0.4 is 10.2 Å². The molecule has 2 aliphatic rings. The maximum Gasteiger partial charge on any atom is 0.358 e. The van der Waals surface area contributed by atoms with E-state index < -0.39 is 11.5 Å². The summed E-state index contributed by atoms with van der Waals surface area (Å²) >= 11 is 0. The first-order valence-electron chi connectivity index (χ1n) is 11.4. The van der Waals surface area contributed by atoms with Crippen molar-refractivity contribution in [1.82, 2.24) is 15.1 Å². The van der Waals surface area contributed by atoms with Gasteiger partial charge in [-0.15, -0.1) is 0 Å². The second kappa shape index (κ2) is 8.76. The highest BCUT2D eigenvalue weighted by Crippen LogP contribution is 2.33. The number of hydrogen-bond donors (Lipinski definition) is 1. The fourth-order valence-corrected chi connectivity index (χ4v) is 4.58. The lowest BCUT2D eigenvalue weighted by Gasteiger charge is -2.43. The van der Waals surface area contributed by atoms with Crippen LogP contribution in [0.4, 0.5) is 5.69 Å². The van der Waals surface area contributed by atoms with Gasteiger partial charge in [-0.1, -0.05) is 31.9 Å². The smallest absolute Gasteiger partial charge is 0.358 e. The predicted octanol–water partition coefficient (Wildman–Crippen LogP) is 3.10. The lowest BCUT2D eigenvalue weighted by Crippen LogP contribution is -2.65. The third-order valence-electron chi connectivity index (χ3n) is 6.42. The van der Waals surface area contributed by atoms with Gasteiger partial charge in [0.25, 0.3) is 5.91 Å². The van der Waals surface area contributed by atoms with Gasteiger partial charge in [0.2, 0.25) is 5.91 Å². The molecule has 170 valence electrons. The molecule has 4 rings (SSSR count). The van der Waals surface area contributed by atoms with E-state index >= 15 is 0 Å². The highest BCUT2D eigenvalue weighted by atomic mass is 16.5. The third kappa shape index (κ3) is 3.89. The summed E-state index contributed by atoms with van der Waals surface area (Å²) in [7, 11) is 0. The minimum absolute atomic E-state index is 0.0666. The molecular weight excluding hydrogens is 408 g/mol. The molecule has 0 spiro atoms. The number of benzene rings is 1. The zero-order valence-electron chi connectivity index (χ0n) is 18.9. The van der Waals surface area contributed by atoms with Gasteiger partial charge in [0.05, 0.1) is 13.2 Å². The molecule has 1 N–H and O–H groups in total. The quantitative estimate of drug-likeness (QED) is 0.700. The Labute approximate surface area is 187 Å². The Kier molecular flexibility index (Phi) is 6.04. The molecule has 8 heteroatoms. The normalized spacial score (nSPS) is 20.8. The van der Waals surface area contributed by atoms with Crippen molar-refractivity contribution in [1.29, 1.82) is 0 Å². The van der Waals surface area contributed by atoms with E-state index in [0.717, 1.165) is 37.7 Å². The molecule has 0 bridgehead atoms. The summed E-state index contributed by atoms with van der Waals surface area (Å²) in [6.07, 6.45) is 4.95. The molecule has 1 aliphatic heterocycles. The monoisotopic (exact) mass is 438 g/mol. The van der Waals surface area contributed by atoms with Crippen molar-refractivity contribution in [2.75, 3.05) is 11.5 Å². The van der Waals surface area contributed by atoms with Crippen LogP contribution in [-0.2, 0) is 22.5 Å². The number of fused-ring (bicyclic) bond motifs is 1. The molecule has 8 nitrogen and oxygen atoms in total. The number of nitrogens with zero attached hydrogens (tertiary/aromatic N) is 3. The van der Waals surface area contributed by atoms with E-state index in [4.69, 9.17) is 4.74 Å². The molecule has 1 aromatic carbocycles. The Bertz CT molecular complexity index is 1020. The van der Waals surface area contributed by atoms with E-state index in [2.05, 4.69) is 17.3 Å². The van der Waals surface area contributed by atoms with Gasteiger partial charge in [0.1, 0.15) is 11.2 Å². The van der Waals surface area contributed by atoms with Crippen LogP contribution in [0.15, 0.2) is 30.3 Å². The number of rotatable bonds is 6. The molecule has 1 aromatic heterocycles. The summed E-state index contributed by atoms with van der Waals surface area (Å²) in [5.41, 5.74) is 0.917. The molecule has 2 amide bonds. The molecular formula is C24H30N4O4. The number of nitrogens with one attached hydrogen (secondary N) is 1. The van der Waals surface area contributed by atoms with E-state index in [0.29, 0.717) is 5.69 Å². The van der Waals surface area contributed by atoms with Gasteiger partial charge in [-0.25, -0.2) is 4.79 Å². The van der Waals surface area contributed by atoms with Crippen LogP contribution in [0.25, 0.3) is 0 Å². The predicted molar refractivity (Wildman–Crippen MR) is 120 cm³/mol. The van der Waals surface area contributed by atoms with Crippen LogP contribution in [0.5, 0.6) is 0 Å². The Morgan fingerprint density at radius 2 is 1.88 bits per heavy atom. The summed E-state index contributed by atoms with van der Waals surface area (Å²) in [4.78, 5) is 41.0. The number of amides is 2. The molecule has 1 unspecified atom stereocenters.